The summed E-state index contributed by atoms with van der Waals surface area (Å²) in [6.45, 7) is 3.78. The van der Waals surface area contributed by atoms with E-state index in [1.165, 1.54) is 0 Å². The summed E-state index contributed by atoms with van der Waals surface area (Å²) >= 11 is 0. The first-order valence-electron chi connectivity index (χ1n) is 10.5. The second-order valence-electron chi connectivity index (χ2n) is 7.68. The fourth-order valence-electron chi connectivity index (χ4n) is 4.16. The molecule has 1 fully saturated rings. The number of hydrogen-bond acceptors (Lipinski definition) is 5. The van der Waals surface area contributed by atoms with Crippen LogP contribution in [0, 0.1) is 0 Å². The van der Waals surface area contributed by atoms with Crippen LogP contribution in [0.5, 0.6) is 17.2 Å². The molecule has 1 saturated heterocycles. The minimum atomic E-state index is -0.0218. The summed E-state index contributed by atoms with van der Waals surface area (Å²) in [5.74, 6) is 1.72. The minimum absolute atomic E-state index is 0.0218. The summed E-state index contributed by atoms with van der Waals surface area (Å²) < 4.78 is 11.5. The molecule has 2 aliphatic rings. The monoisotopic (exact) mass is 416 g/mol. The van der Waals surface area contributed by atoms with Crippen molar-refractivity contribution in [2.24, 2.45) is 0 Å². The van der Waals surface area contributed by atoms with E-state index in [4.69, 9.17) is 9.47 Å². The Kier molecular flexibility index (Phi) is 5.12. The number of rotatable bonds is 3. The van der Waals surface area contributed by atoms with E-state index in [1.807, 2.05) is 53.4 Å². The van der Waals surface area contributed by atoms with Crippen molar-refractivity contribution in [2.75, 3.05) is 44.3 Å². The molecule has 0 aromatic heterocycles. The molecule has 0 radical (unpaired) electrons. The predicted octanol–water partition coefficient (Wildman–Crippen LogP) is 3.79. The number of benzene rings is 3. The maximum atomic E-state index is 13.2. The molecule has 2 heterocycles. The summed E-state index contributed by atoms with van der Waals surface area (Å²) in [5, 5.41) is 10.3. The van der Waals surface area contributed by atoms with Crippen LogP contribution < -0.4 is 14.4 Å². The smallest absolute Gasteiger partial charge is 0.254 e. The number of aromatic hydroxyl groups is 1. The number of anilines is 1. The zero-order chi connectivity index (χ0) is 21.2. The fraction of sp³-hybridized carbons (Fsp3) is 0.240. The average Bonchev–Trinajstić information content (AvgIpc) is 2.84. The summed E-state index contributed by atoms with van der Waals surface area (Å²) in [4.78, 5) is 17.3. The number of ether oxygens (including phenoxy) is 2. The number of para-hydroxylation sites is 1. The Morgan fingerprint density at radius 3 is 2.42 bits per heavy atom. The molecule has 1 N–H and O–H groups in total. The van der Waals surface area contributed by atoms with Crippen LogP contribution in [-0.2, 0) is 0 Å². The lowest BCUT2D eigenvalue weighted by Crippen LogP contribution is -2.49. The second kappa shape index (κ2) is 8.22. The van der Waals surface area contributed by atoms with Gasteiger partial charge in [-0.1, -0.05) is 36.4 Å². The summed E-state index contributed by atoms with van der Waals surface area (Å²) in [7, 11) is 0. The van der Waals surface area contributed by atoms with E-state index in [0.29, 0.717) is 37.4 Å². The van der Waals surface area contributed by atoms with Crippen molar-refractivity contribution in [1.82, 2.24) is 4.90 Å². The number of nitrogens with zero attached hydrogens (tertiary/aromatic N) is 2. The van der Waals surface area contributed by atoms with Gasteiger partial charge in [-0.05, 0) is 35.9 Å². The highest BCUT2D eigenvalue weighted by Crippen LogP contribution is 2.40. The van der Waals surface area contributed by atoms with Gasteiger partial charge in [-0.15, -0.1) is 0 Å². The van der Waals surface area contributed by atoms with Gasteiger partial charge >= 0.3 is 0 Å². The lowest BCUT2D eigenvalue weighted by molar-refractivity contribution is 0.0746. The van der Waals surface area contributed by atoms with Gasteiger partial charge in [-0.25, -0.2) is 0 Å². The predicted molar refractivity (Wildman–Crippen MR) is 119 cm³/mol. The number of phenols is 1. The van der Waals surface area contributed by atoms with E-state index in [-0.39, 0.29) is 11.7 Å². The zero-order valence-electron chi connectivity index (χ0n) is 17.2. The number of hydrogen-bond donors (Lipinski definition) is 1. The third kappa shape index (κ3) is 3.77. The van der Waals surface area contributed by atoms with Crippen LogP contribution in [-0.4, -0.2) is 55.3 Å². The third-order valence-electron chi connectivity index (χ3n) is 5.78. The van der Waals surface area contributed by atoms with Crippen LogP contribution in [0.3, 0.4) is 0 Å². The first-order chi connectivity index (χ1) is 15.2. The molecule has 6 nitrogen and oxygen atoms in total. The molecule has 3 aromatic carbocycles. The molecule has 0 spiro atoms. The maximum Gasteiger partial charge on any atom is 0.254 e. The van der Waals surface area contributed by atoms with Gasteiger partial charge < -0.3 is 24.4 Å². The molecule has 0 atom stereocenters. The molecule has 0 saturated carbocycles. The second-order valence-corrected chi connectivity index (χ2v) is 7.68. The minimum Gasteiger partial charge on any atom is -0.507 e. The van der Waals surface area contributed by atoms with Gasteiger partial charge in [-0.3, -0.25) is 4.79 Å². The van der Waals surface area contributed by atoms with Gasteiger partial charge in [0.15, 0.2) is 11.5 Å². The van der Waals surface area contributed by atoms with E-state index in [2.05, 4.69) is 4.90 Å². The van der Waals surface area contributed by atoms with Gasteiger partial charge in [0.1, 0.15) is 19.0 Å². The number of piperazine rings is 1. The molecule has 6 heteroatoms. The molecule has 31 heavy (non-hydrogen) atoms. The van der Waals surface area contributed by atoms with Crippen molar-refractivity contribution in [3.8, 4) is 28.4 Å². The molecule has 1 amide bonds. The van der Waals surface area contributed by atoms with Gasteiger partial charge in [0.05, 0.1) is 5.69 Å². The van der Waals surface area contributed by atoms with E-state index in [1.54, 1.807) is 18.2 Å². The van der Waals surface area contributed by atoms with E-state index in [9.17, 15) is 9.90 Å². The molecule has 0 unspecified atom stereocenters. The number of carbonyl (C=O) groups excluding carboxylic acids is 1. The fourth-order valence-corrected chi connectivity index (χ4v) is 4.16. The Hall–Kier alpha value is -3.67. The van der Waals surface area contributed by atoms with Gasteiger partial charge in [-0.2, -0.15) is 0 Å². The van der Waals surface area contributed by atoms with Crippen molar-refractivity contribution in [2.45, 2.75) is 0 Å². The Labute approximate surface area is 181 Å². The summed E-state index contributed by atoms with van der Waals surface area (Å²) in [6.07, 6.45) is 0. The lowest BCUT2D eigenvalue weighted by Gasteiger charge is -2.37. The van der Waals surface area contributed by atoms with E-state index < -0.39 is 0 Å². The number of phenolic OH excluding ortho intramolecular Hbond substituents is 1. The maximum absolute atomic E-state index is 13.2. The molecular formula is C25H24N2O4. The van der Waals surface area contributed by atoms with Gasteiger partial charge in [0.2, 0.25) is 0 Å². The topological polar surface area (TPSA) is 62.2 Å². The first-order valence-corrected chi connectivity index (χ1v) is 10.5. The number of amides is 1. The highest BCUT2D eigenvalue weighted by Gasteiger charge is 2.26. The van der Waals surface area contributed by atoms with Crippen LogP contribution in [0.4, 0.5) is 5.69 Å². The molecule has 158 valence electrons. The molecule has 2 aliphatic heterocycles. The van der Waals surface area contributed by atoms with Crippen LogP contribution in [0.1, 0.15) is 10.4 Å². The first kappa shape index (κ1) is 19.3. The molecular weight excluding hydrogens is 392 g/mol. The highest BCUT2D eigenvalue weighted by atomic mass is 16.6. The largest absolute Gasteiger partial charge is 0.507 e. The molecule has 3 aromatic rings. The Morgan fingerprint density at radius 1 is 0.839 bits per heavy atom. The van der Waals surface area contributed by atoms with Gasteiger partial charge in [0.25, 0.3) is 5.91 Å². The number of carbonyl (C=O) groups is 1. The highest BCUT2D eigenvalue weighted by molar-refractivity contribution is 5.96. The molecule has 0 aliphatic carbocycles. The van der Waals surface area contributed by atoms with Crippen molar-refractivity contribution in [1.29, 1.82) is 0 Å². The standard InChI is InChI=1S/C25H24N2O4/c28-22-10-9-19(17-20(22)18-5-2-1-3-6-18)25(29)27-13-11-26(12-14-27)21-7-4-8-23-24(21)31-16-15-30-23/h1-10,17,28H,11-16H2. The van der Waals surface area contributed by atoms with Crippen molar-refractivity contribution in [3.05, 3.63) is 72.3 Å². The Balaban J connectivity index is 1.31. The van der Waals surface area contributed by atoms with Crippen LogP contribution in [0.25, 0.3) is 11.1 Å². The lowest BCUT2D eigenvalue weighted by atomic mass is 10.0. The average molecular weight is 416 g/mol. The van der Waals surface area contributed by atoms with Crippen LogP contribution >= 0.6 is 0 Å². The van der Waals surface area contributed by atoms with Crippen molar-refractivity contribution in [3.63, 3.8) is 0 Å². The Morgan fingerprint density at radius 2 is 1.61 bits per heavy atom. The summed E-state index contributed by atoms with van der Waals surface area (Å²) in [5.41, 5.74) is 3.15. The third-order valence-corrected chi connectivity index (χ3v) is 5.78. The van der Waals surface area contributed by atoms with Crippen LogP contribution in [0.2, 0.25) is 0 Å². The van der Waals surface area contributed by atoms with Crippen molar-refractivity contribution < 1.29 is 19.4 Å². The normalized spacial score (nSPS) is 15.6. The van der Waals surface area contributed by atoms with Crippen molar-refractivity contribution >= 4 is 11.6 Å². The zero-order valence-corrected chi connectivity index (χ0v) is 17.2. The molecule has 5 rings (SSSR count). The Bertz CT molecular complexity index is 1090. The number of fused-ring (bicyclic) bond motifs is 1. The summed E-state index contributed by atoms with van der Waals surface area (Å²) in [6, 6.07) is 20.6. The quantitative estimate of drug-likeness (QED) is 0.704. The van der Waals surface area contributed by atoms with E-state index >= 15 is 0 Å². The van der Waals surface area contributed by atoms with E-state index in [0.717, 1.165) is 35.8 Å². The van der Waals surface area contributed by atoms with Crippen LogP contribution in [0.15, 0.2) is 66.7 Å². The SMILES string of the molecule is O=C(c1ccc(O)c(-c2ccccc2)c1)N1CCN(c2cccc3c2OCCO3)CC1. The van der Waals surface area contributed by atoms with Gasteiger partial charge in [0, 0.05) is 37.3 Å². The molecule has 0 bridgehead atoms.